The number of aromatic nitrogens is 2. The van der Waals surface area contributed by atoms with E-state index in [1.807, 2.05) is 26.0 Å². The molecule has 10 heteroatoms. The Balaban J connectivity index is 1.89. The molecule has 0 aliphatic rings. The maximum atomic E-state index is 14.5. The molecule has 0 bridgehead atoms. The first-order valence-electron chi connectivity index (χ1n) is 9.68. The van der Waals surface area contributed by atoms with Crippen molar-refractivity contribution in [2.45, 2.75) is 19.9 Å². The Bertz CT molecular complexity index is 1030. The summed E-state index contributed by atoms with van der Waals surface area (Å²) >= 11 is 7.61. The predicted molar refractivity (Wildman–Crippen MR) is 119 cm³/mol. The number of halogens is 2. The van der Waals surface area contributed by atoms with Crippen molar-refractivity contribution in [2.24, 2.45) is 5.73 Å². The van der Waals surface area contributed by atoms with E-state index in [1.165, 1.54) is 23.5 Å². The SMILES string of the molecule is CCOc1ccc(-c2nnc(-c3cc(F)c(OC[C@H](N)CO)cc3Cl)s2)c(OCC)c1. The average Bonchev–Trinajstić information content (AvgIpc) is 3.24. The van der Waals surface area contributed by atoms with Gasteiger partial charge in [0.2, 0.25) is 0 Å². The summed E-state index contributed by atoms with van der Waals surface area (Å²) < 4.78 is 31.1. The quantitative estimate of drug-likeness (QED) is 0.461. The summed E-state index contributed by atoms with van der Waals surface area (Å²) in [6.07, 6.45) is 0. The molecule has 166 valence electrons. The molecule has 0 spiro atoms. The van der Waals surface area contributed by atoms with Gasteiger partial charge in [-0.25, -0.2) is 4.39 Å². The van der Waals surface area contributed by atoms with Crippen molar-refractivity contribution in [3.63, 3.8) is 0 Å². The van der Waals surface area contributed by atoms with Gasteiger partial charge in [-0.15, -0.1) is 10.2 Å². The minimum atomic E-state index is -0.614. The maximum Gasteiger partial charge on any atom is 0.165 e. The normalized spacial score (nSPS) is 11.9. The molecule has 1 heterocycles. The molecule has 31 heavy (non-hydrogen) atoms. The number of nitrogens with two attached hydrogens (primary N) is 1. The van der Waals surface area contributed by atoms with Gasteiger partial charge in [-0.1, -0.05) is 22.9 Å². The largest absolute Gasteiger partial charge is 0.494 e. The standard InChI is InChI=1S/C21H23ClFN3O4S/c1-3-28-13-5-6-14(18(7-13)29-4-2)20-25-26-21(31-20)15-8-17(23)19(9-16(15)22)30-11-12(24)10-27/h5-9,12,27H,3-4,10-11,24H2,1-2H3/t12-/m1/s1. The van der Waals surface area contributed by atoms with E-state index in [-0.39, 0.29) is 24.0 Å². The Morgan fingerprint density at radius 2 is 1.74 bits per heavy atom. The molecule has 3 N–H and O–H groups in total. The zero-order chi connectivity index (χ0) is 22.4. The Morgan fingerprint density at radius 3 is 2.42 bits per heavy atom. The summed E-state index contributed by atoms with van der Waals surface area (Å²) in [4.78, 5) is 0. The highest BCUT2D eigenvalue weighted by atomic mass is 35.5. The van der Waals surface area contributed by atoms with Crippen LogP contribution in [0.25, 0.3) is 21.1 Å². The number of nitrogens with zero attached hydrogens (tertiary/aromatic N) is 2. The van der Waals surface area contributed by atoms with Crippen molar-refractivity contribution in [3.05, 3.63) is 41.2 Å². The monoisotopic (exact) mass is 467 g/mol. The molecule has 3 aromatic rings. The number of aliphatic hydroxyl groups is 1. The highest BCUT2D eigenvalue weighted by molar-refractivity contribution is 7.18. The van der Waals surface area contributed by atoms with Crippen LogP contribution in [0.1, 0.15) is 13.8 Å². The summed E-state index contributed by atoms with van der Waals surface area (Å²) in [5.41, 5.74) is 6.73. The van der Waals surface area contributed by atoms with Gasteiger partial charge in [0.25, 0.3) is 0 Å². The molecule has 0 aliphatic heterocycles. The van der Waals surface area contributed by atoms with Crippen LogP contribution in [0.15, 0.2) is 30.3 Å². The van der Waals surface area contributed by atoms with E-state index in [0.717, 1.165) is 5.56 Å². The second-order valence-electron chi connectivity index (χ2n) is 6.45. The number of hydrogen-bond donors (Lipinski definition) is 2. The molecule has 1 aromatic heterocycles. The van der Waals surface area contributed by atoms with E-state index in [9.17, 15) is 4.39 Å². The van der Waals surface area contributed by atoms with Crippen LogP contribution in [0.5, 0.6) is 17.2 Å². The third-order valence-electron chi connectivity index (χ3n) is 4.16. The Hall–Kier alpha value is -2.46. The molecule has 0 saturated heterocycles. The fraction of sp³-hybridized carbons (Fsp3) is 0.333. The van der Waals surface area contributed by atoms with Crippen molar-refractivity contribution in [1.29, 1.82) is 0 Å². The van der Waals surface area contributed by atoms with Gasteiger partial charge >= 0.3 is 0 Å². The molecule has 0 fully saturated rings. The number of benzene rings is 2. The fourth-order valence-electron chi connectivity index (χ4n) is 2.70. The summed E-state index contributed by atoms with van der Waals surface area (Å²) in [5.74, 6) is 0.656. The number of aliphatic hydroxyl groups excluding tert-OH is 1. The summed E-state index contributed by atoms with van der Waals surface area (Å²) in [7, 11) is 0. The van der Waals surface area contributed by atoms with Crippen molar-refractivity contribution < 1.29 is 23.7 Å². The van der Waals surface area contributed by atoms with Gasteiger partial charge in [0.15, 0.2) is 16.6 Å². The number of hydrogen-bond acceptors (Lipinski definition) is 8. The van der Waals surface area contributed by atoms with Gasteiger partial charge < -0.3 is 25.1 Å². The first-order chi connectivity index (χ1) is 15.0. The van der Waals surface area contributed by atoms with E-state index in [2.05, 4.69) is 10.2 Å². The van der Waals surface area contributed by atoms with Gasteiger partial charge in [-0.3, -0.25) is 0 Å². The van der Waals surface area contributed by atoms with Gasteiger partial charge in [-0.05, 0) is 32.0 Å². The summed E-state index contributed by atoms with van der Waals surface area (Å²) in [5, 5.41) is 18.7. The Labute approximate surface area is 188 Å². The fourth-order valence-corrected chi connectivity index (χ4v) is 3.91. The lowest BCUT2D eigenvalue weighted by Crippen LogP contribution is -2.31. The second-order valence-corrected chi connectivity index (χ2v) is 7.84. The number of rotatable bonds is 10. The minimum Gasteiger partial charge on any atom is -0.494 e. The highest BCUT2D eigenvalue weighted by Gasteiger charge is 2.18. The zero-order valence-electron chi connectivity index (χ0n) is 17.1. The lowest BCUT2D eigenvalue weighted by molar-refractivity contribution is 0.202. The lowest BCUT2D eigenvalue weighted by atomic mass is 10.2. The molecule has 0 radical (unpaired) electrons. The zero-order valence-corrected chi connectivity index (χ0v) is 18.7. The first kappa shape index (κ1) is 23.2. The van der Waals surface area contributed by atoms with Crippen LogP contribution < -0.4 is 19.9 Å². The van der Waals surface area contributed by atoms with Crippen molar-refractivity contribution in [3.8, 4) is 38.4 Å². The van der Waals surface area contributed by atoms with E-state index >= 15 is 0 Å². The van der Waals surface area contributed by atoms with Crippen LogP contribution in [-0.4, -0.2) is 47.8 Å². The molecule has 0 aliphatic carbocycles. The third kappa shape index (κ3) is 5.62. The molecule has 0 saturated carbocycles. The predicted octanol–water partition coefficient (Wildman–Crippen LogP) is 4.16. The van der Waals surface area contributed by atoms with Crippen LogP contribution in [-0.2, 0) is 0 Å². The van der Waals surface area contributed by atoms with E-state index < -0.39 is 11.9 Å². The Kier molecular flexibility index (Phi) is 8.03. The van der Waals surface area contributed by atoms with Gasteiger partial charge in [0.05, 0.1) is 36.4 Å². The van der Waals surface area contributed by atoms with Gasteiger partial charge in [0.1, 0.15) is 23.1 Å². The molecule has 1 atom stereocenters. The van der Waals surface area contributed by atoms with E-state index in [0.29, 0.717) is 40.3 Å². The molecule has 2 aromatic carbocycles. The third-order valence-corrected chi connectivity index (χ3v) is 5.46. The van der Waals surface area contributed by atoms with E-state index in [4.69, 9.17) is 36.7 Å². The summed E-state index contributed by atoms with van der Waals surface area (Å²) in [6, 6.07) is 7.48. The smallest absolute Gasteiger partial charge is 0.165 e. The van der Waals surface area contributed by atoms with E-state index in [1.54, 1.807) is 6.07 Å². The molecular weight excluding hydrogens is 445 g/mol. The summed E-state index contributed by atoms with van der Waals surface area (Å²) in [6.45, 7) is 4.52. The van der Waals surface area contributed by atoms with Crippen LogP contribution >= 0.6 is 22.9 Å². The topological polar surface area (TPSA) is 99.7 Å². The van der Waals surface area contributed by atoms with Gasteiger partial charge in [-0.2, -0.15) is 0 Å². The van der Waals surface area contributed by atoms with Crippen LogP contribution in [0.2, 0.25) is 5.02 Å². The van der Waals surface area contributed by atoms with Gasteiger partial charge in [0, 0.05) is 17.7 Å². The van der Waals surface area contributed by atoms with Crippen LogP contribution in [0.4, 0.5) is 4.39 Å². The van der Waals surface area contributed by atoms with Crippen molar-refractivity contribution >= 4 is 22.9 Å². The lowest BCUT2D eigenvalue weighted by Gasteiger charge is -2.12. The molecule has 3 rings (SSSR count). The molecule has 7 nitrogen and oxygen atoms in total. The number of ether oxygens (including phenoxy) is 3. The van der Waals surface area contributed by atoms with Crippen molar-refractivity contribution in [2.75, 3.05) is 26.4 Å². The van der Waals surface area contributed by atoms with Crippen LogP contribution in [0.3, 0.4) is 0 Å². The molecule has 0 unspecified atom stereocenters. The minimum absolute atomic E-state index is 0.0377. The highest BCUT2D eigenvalue weighted by Crippen LogP contribution is 2.40. The first-order valence-corrected chi connectivity index (χ1v) is 10.9. The molecular formula is C21H23ClFN3O4S. The Morgan fingerprint density at radius 1 is 1.03 bits per heavy atom. The molecule has 0 amide bonds. The van der Waals surface area contributed by atoms with Crippen molar-refractivity contribution in [1.82, 2.24) is 10.2 Å². The second kappa shape index (κ2) is 10.7. The average molecular weight is 468 g/mol. The maximum absolute atomic E-state index is 14.5. The van der Waals surface area contributed by atoms with Crippen LogP contribution in [0, 0.1) is 5.82 Å².